The van der Waals surface area contributed by atoms with Gasteiger partial charge < -0.3 is 18.9 Å². The Bertz CT molecular complexity index is 369. The fourth-order valence-electron chi connectivity index (χ4n) is 2.96. The Morgan fingerprint density at radius 2 is 1.77 bits per heavy atom. The van der Waals surface area contributed by atoms with E-state index in [9.17, 15) is 9.59 Å². The molecule has 2 rings (SSSR count). The molecule has 0 aromatic heterocycles. The predicted molar refractivity (Wildman–Crippen MR) is 77.8 cm³/mol. The third kappa shape index (κ3) is 5.25. The minimum absolute atomic E-state index is 0.250. The third-order valence-electron chi connectivity index (χ3n) is 4.18. The van der Waals surface area contributed by atoms with Gasteiger partial charge in [-0.15, -0.1) is 0 Å². The molecule has 0 radical (unpaired) electrons. The number of carbonyl (C=O) groups excluding carboxylic acids is 2. The molecule has 22 heavy (non-hydrogen) atoms. The van der Waals surface area contributed by atoms with Crippen LogP contribution in [0, 0.1) is 0 Å². The van der Waals surface area contributed by atoms with Gasteiger partial charge >= 0.3 is 11.9 Å². The van der Waals surface area contributed by atoms with Crippen LogP contribution < -0.4 is 0 Å². The first-order valence-corrected chi connectivity index (χ1v) is 8.22. The van der Waals surface area contributed by atoms with E-state index in [1.54, 1.807) is 0 Å². The van der Waals surface area contributed by atoms with Gasteiger partial charge in [0.05, 0.1) is 13.7 Å². The van der Waals surface area contributed by atoms with Gasteiger partial charge in [-0.3, -0.25) is 9.59 Å². The smallest absolute Gasteiger partial charge is 0.308 e. The van der Waals surface area contributed by atoms with Crippen molar-refractivity contribution >= 4 is 11.9 Å². The zero-order valence-corrected chi connectivity index (χ0v) is 13.3. The molecule has 0 aromatic carbocycles. The SMILES string of the molecule is COC(=O)CCCCC(=O)OC1CCOC2(CCCCC2)O1. The number of hydrogen-bond donors (Lipinski definition) is 0. The summed E-state index contributed by atoms with van der Waals surface area (Å²) < 4.78 is 21.6. The first-order chi connectivity index (χ1) is 10.6. The van der Waals surface area contributed by atoms with Gasteiger partial charge in [0.25, 0.3) is 0 Å². The monoisotopic (exact) mass is 314 g/mol. The van der Waals surface area contributed by atoms with E-state index >= 15 is 0 Å². The van der Waals surface area contributed by atoms with E-state index in [0.29, 0.717) is 38.7 Å². The average molecular weight is 314 g/mol. The van der Waals surface area contributed by atoms with Crippen LogP contribution in [0.15, 0.2) is 0 Å². The van der Waals surface area contributed by atoms with Crippen molar-refractivity contribution in [2.24, 2.45) is 0 Å². The molecule has 0 aromatic rings. The van der Waals surface area contributed by atoms with Crippen molar-refractivity contribution in [3.8, 4) is 0 Å². The zero-order valence-electron chi connectivity index (χ0n) is 13.3. The molecule has 1 aliphatic heterocycles. The average Bonchev–Trinajstić information content (AvgIpc) is 2.52. The highest BCUT2D eigenvalue weighted by Gasteiger charge is 2.40. The standard InChI is InChI=1S/C16H26O6/c1-19-13(17)7-3-4-8-14(18)21-15-9-12-20-16(22-15)10-5-2-6-11-16/h15H,2-12H2,1H3. The highest BCUT2D eigenvalue weighted by atomic mass is 16.8. The molecule has 2 aliphatic rings. The van der Waals surface area contributed by atoms with Gasteiger partial charge in [0.2, 0.25) is 6.29 Å². The molecule has 126 valence electrons. The van der Waals surface area contributed by atoms with Gasteiger partial charge in [0, 0.05) is 32.1 Å². The van der Waals surface area contributed by atoms with Crippen molar-refractivity contribution in [2.75, 3.05) is 13.7 Å². The zero-order chi connectivity index (χ0) is 15.8. The Labute approximate surface area is 131 Å². The van der Waals surface area contributed by atoms with E-state index in [-0.39, 0.29) is 11.9 Å². The minimum atomic E-state index is -0.535. The normalized spacial score (nSPS) is 24.0. The Kier molecular flexibility index (Phi) is 6.64. The number of methoxy groups -OCH3 is 1. The summed E-state index contributed by atoms with van der Waals surface area (Å²) >= 11 is 0. The molecular formula is C16H26O6. The molecule has 1 saturated carbocycles. The van der Waals surface area contributed by atoms with E-state index in [2.05, 4.69) is 4.74 Å². The van der Waals surface area contributed by atoms with E-state index in [1.807, 2.05) is 0 Å². The van der Waals surface area contributed by atoms with Gasteiger partial charge in [-0.2, -0.15) is 0 Å². The lowest BCUT2D eigenvalue weighted by atomic mass is 9.93. The van der Waals surface area contributed by atoms with Crippen LogP contribution in [-0.4, -0.2) is 37.7 Å². The van der Waals surface area contributed by atoms with E-state index < -0.39 is 12.1 Å². The number of ether oxygens (including phenoxy) is 4. The molecule has 0 bridgehead atoms. The van der Waals surface area contributed by atoms with Gasteiger partial charge in [-0.25, -0.2) is 0 Å². The van der Waals surface area contributed by atoms with Gasteiger partial charge in [0.15, 0.2) is 5.79 Å². The topological polar surface area (TPSA) is 71.1 Å². The largest absolute Gasteiger partial charge is 0.469 e. The van der Waals surface area contributed by atoms with E-state index in [0.717, 1.165) is 25.7 Å². The summed E-state index contributed by atoms with van der Waals surface area (Å²) in [5, 5.41) is 0. The Morgan fingerprint density at radius 1 is 1.09 bits per heavy atom. The molecule has 1 heterocycles. The Balaban J connectivity index is 1.66. The molecule has 6 heteroatoms. The van der Waals surface area contributed by atoms with Crippen molar-refractivity contribution in [2.45, 2.75) is 76.3 Å². The summed E-state index contributed by atoms with van der Waals surface area (Å²) in [5.41, 5.74) is 0. The molecule has 1 unspecified atom stereocenters. The van der Waals surface area contributed by atoms with Crippen LogP contribution in [-0.2, 0) is 28.5 Å². The maximum atomic E-state index is 11.8. The molecule has 6 nitrogen and oxygen atoms in total. The minimum Gasteiger partial charge on any atom is -0.469 e. The lowest BCUT2D eigenvalue weighted by Gasteiger charge is -2.42. The second-order valence-electron chi connectivity index (χ2n) is 5.93. The highest BCUT2D eigenvalue weighted by molar-refractivity contribution is 5.70. The summed E-state index contributed by atoms with van der Waals surface area (Å²) in [6.07, 6.45) is 7.09. The maximum absolute atomic E-state index is 11.8. The molecule has 1 spiro atoms. The fourth-order valence-corrected chi connectivity index (χ4v) is 2.96. The van der Waals surface area contributed by atoms with Crippen LogP contribution >= 0.6 is 0 Å². The van der Waals surface area contributed by atoms with Crippen LogP contribution in [0.1, 0.15) is 64.2 Å². The number of unbranched alkanes of at least 4 members (excludes halogenated alkanes) is 1. The maximum Gasteiger partial charge on any atom is 0.308 e. The summed E-state index contributed by atoms with van der Waals surface area (Å²) in [5.74, 6) is -1.06. The lowest BCUT2D eigenvalue weighted by molar-refractivity contribution is -0.346. The highest BCUT2D eigenvalue weighted by Crippen LogP contribution is 2.37. The summed E-state index contributed by atoms with van der Waals surface area (Å²) in [6, 6.07) is 0. The second-order valence-corrected chi connectivity index (χ2v) is 5.93. The summed E-state index contributed by atoms with van der Waals surface area (Å²) in [7, 11) is 1.36. The first kappa shape index (κ1) is 17.2. The second kappa shape index (κ2) is 8.48. The fraction of sp³-hybridized carbons (Fsp3) is 0.875. The molecule has 1 atom stereocenters. The van der Waals surface area contributed by atoms with Crippen LogP contribution in [0.25, 0.3) is 0 Å². The van der Waals surface area contributed by atoms with Crippen molar-refractivity contribution in [1.82, 2.24) is 0 Å². The van der Waals surface area contributed by atoms with Crippen molar-refractivity contribution < 1.29 is 28.5 Å². The quantitative estimate of drug-likeness (QED) is 0.554. The Morgan fingerprint density at radius 3 is 2.45 bits per heavy atom. The van der Waals surface area contributed by atoms with Gasteiger partial charge in [-0.1, -0.05) is 6.42 Å². The molecule has 0 N–H and O–H groups in total. The van der Waals surface area contributed by atoms with Crippen LogP contribution in [0.5, 0.6) is 0 Å². The molecule has 2 fully saturated rings. The number of esters is 2. The molecule has 1 aliphatic carbocycles. The van der Waals surface area contributed by atoms with Crippen molar-refractivity contribution in [3.05, 3.63) is 0 Å². The van der Waals surface area contributed by atoms with E-state index in [4.69, 9.17) is 14.2 Å². The number of carbonyl (C=O) groups is 2. The first-order valence-electron chi connectivity index (χ1n) is 8.22. The third-order valence-corrected chi connectivity index (χ3v) is 4.18. The van der Waals surface area contributed by atoms with Crippen LogP contribution in [0.3, 0.4) is 0 Å². The van der Waals surface area contributed by atoms with Gasteiger partial charge in [-0.05, 0) is 25.7 Å². The molecule has 0 amide bonds. The molecule has 1 saturated heterocycles. The van der Waals surface area contributed by atoms with E-state index in [1.165, 1.54) is 13.5 Å². The number of hydrogen-bond acceptors (Lipinski definition) is 6. The van der Waals surface area contributed by atoms with Crippen molar-refractivity contribution in [3.63, 3.8) is 0 Å². The number of rotatable bonds is 6. The van der Waals surface area contributed by atoms with Crippen LogP contribution in [0.2, 0.25) is 0 Å². The van der Waals surface area contributed by atoms with Gasteiger partial charge in [0.1, 0.15) is 0 Å². The summed E-state index contributed by atoms with van der Waals surface area (Å²) in [4.78, 5) is 22.8. The lowest BCUT2D eigenvalue weighted by Crippen LogP contribution is -2.47. The predicted octanol–water partition coefficient (Wildman–Crippen LogP) is 2.69. The summed E-state index contributed by atoms with van der Waals surface area (Å²) in [6.45, 7) is 0.570. The Hall–Kier alpha value is -1.14. The van der Waals surface area contributed by atoms with Crippen molar-refractivity contribution in [1.29, 1.82) is 0 Å². The molecular weight excluding hydrogens is 288 g/mol. The van der Waals surface area contributed by atoms with Crippen LogP contribution in [0.4, 0.5) is 0 Å².